The Morgan fingerprint density at radius 2 is 2.08 bits per heavy atom. The molecule has 4 saturated carbocycles. The van der Waals surface area contributed by atoms with Crippen molar-refractivity contribution in [1.82, 2.24) is 9.55 Å². The SMILES string of the molecule is Cn1c(NC(=O)CC23C[C@H]4C[C@@H](CC(O)(C4)C2)C3)nc2cc(Cl)ccc21. The van der Waals surface area contributed by atoms with Gasteiger partial charge in [-0.3, -0.25) is 10.1 Å². The summed E-state index contributed by atoms with van der Waals surface area (Å²) in [5.41, 5.74) is 1.16. The molecule has 0 unspecified atom stereocenters. The minimum absolute atomic E-state index is 0.0000491. The van der Waals surface area contributed by atoms with E-state index in [1.54, 1.807) is 6.07 Å². The van der Waals surface area contributed by atoms with Crippen molar-refractivity contribution < 1.29 is 9.90 Å². The first kappa shape index (κ1) is 16.6. The molecule has 4 bridgehead atoms. The van der Waals surface area contributed by atoms with Crippen LogP contribution in [0.5, 0.6) is 0 Å². The molecule has 4 fully saturated rings. The predicted octanol–water partition coefficient (Wildman–Crippen LogP) is 3.89. The van der Waals surface area contributed by atoms with Gasteiger partial charge in [-0.15, -0.1) is 0 Å². The fourth-order valence-electron chi connectivity index (χ4n) is 6.40. The maximum Gasteiger partial charge on any atom is 0.227 e. The van der Waals surface area contributed by atoms with Gasteiger partial charge in [0.05, 0.1) is 16.6 Å². The van der Waals surface area contributed by atoms with Gasteiger partial charge in [0.1, 0.15) is 0 Å². The number of rotatable bonds is 3. The van der Waals surface area contributed by atoms with Crippen LogP contribution in [0.1, 0.15) is 44.9 Å². The van der Waals surface area contributed by atoms with E-state index in [9.17, 15) is 9.90 Å². The average Bonchev–Trinajstić information content (AvgIpc) is 2.79. The lowest BCUT2D eigenvalue weighted by molar-refractivity contribution is -0.167. The molecule has 5 nitrogen and oxygen atoms in total. The molecule has 0 radical (unpaired) electrons. The van der Waals surface area contributed by atoms with Gasteiger partial charge in [-0.2, -0.15) is 0 Å². The van der Waals surface area contributed by atoms with Crippen LogP contribution in [0.3, 0.4) is 0 Å². The minimum Gasteiger partial charge on any atom is -0.390 e. The quantitative estimate of drug-likeness (QED) is 0.857. The van der Waals surface area contributed by atoms with Crippen molar-refractivity contribution in [3.05, 3.63) is 23.2 Å². The Morgan fingerprint density at radius 3 is 2.77 bits per heavy atom. The third-order valence-corrected chi connectivity index (χ3v) is 7.02. The van der Waals surface area contributed by atoms with Gasteiger partial charge in [-0.25, -0.2) is 4.98 Å². The van der Waals surface area contributed by atoms with E-state index >= 15 is 0 Å². The topological polar surface area (TPSA) is 67.2 Å². The molecular weight excluding hydrogens is 350 g/mol. The van der Waals surface area contributed by atoms with Crippen LogP contribution >= 0.6 is 11.6 Å². The van der Waals surface area contributed by atoms with E-state index in [4.69, 9.17) is 11.6 Å². The highest BCUT2D eigenvalue weighted by atomic mass is 35.5. The Kier molecular flexibility index (Phi) is 3.48. The smallest absolute Gasteiger partial charge is 0.227 e. The Bertz CT molecular complexity index is 892. The number of nitrogens with one attached hydrogen (secondary N) is 1. The van der Waals surface area contributed by atoms with Gasteiger partial charge in [-0.1, -0.05) is 11.6 Å². The van der Waals surface area contributed by atoms with Crippen molar-refractivity contribution in [3.8, 4) is 0 Å². The average molecular weight is 374 g/mol. The lowest BCUT2D eigenvalue weighted by Gasteiger charge is -2.60. The number of halogens is 1. The van der Waals surface area contributed by atoms with E-state index in [2.05, 4.69) is 10.3 Å². The van der Waals surface area contributed by atoms with E-state index < -0.39 is 5.60 Å². The van der Waals surface area contributed by atoms with Crippen molar-refractivity contribution in [2.45, 2.75) is 50.5 Å². The number of amides is 1. The fourth-order valence-corrected chi connectivity index (χ4v) is 6.57. The number of fused-ring (bicyclic) bond motifs is 1. The summed E-state index contributed by atoms with van der Waals surface area (Å²) in [4.78, 5) is 17.3. The van der Waals surface area contributed by atoms with Crippen molar-refractivity contribution >= 4 is 34.5 Å². The molecule has 6 heteroatoms. The van der Waals surface area contributed by atoms with Gasteiger partial charge in [-0.05, 0) is 74.0 Å². The monoisotopic (exact) mass is 373 g/mol. The Balaban J connectivity index is 1.36. The zero-order chi connectivity index (χ0) is 18.1. The maximum absolute atomic E-state index is 12.8. The largest absolute Gasteiger partial charge is 0.390 e. The first-order chi connectivity index (χ1) is 12.3. The number of hydrogen-bond donors (Lipinski definition) is 2. The number of anilines is 1. The van der Waals surface area contributed by atoms with Gasteiger partial charge in [0.15, 0.2) is 0 Å². The lowest BCUT2D eigenvalue weighted by atomic mass is 9.47. The molecule has 1 amide bonds. The third kappa shape index (κ3) is 2.64. The summed E-state index contributed by atoms with van der Waals surface area (Å²) >= 11 is 6.04. The molecule has 1 aromatic heterocycles. The van der Waals surface area contributed by atoms with E-state index in [0.717, 1.165) is 43.1 Å². The van der Waals surface area contributed by atoms with E-state index in [0.29, 0.717) is 29.2 Å². The molecule has 138 valence electrons. The van der Waals surface area contributed by atoms with Gasteiger partial charge < -0.3 is 9.67 Å². The zero-order valence-electron chi connectivity index (χ0n) is 15.0. The number of carbonyl (C=O) groups is 1. The number of aromatic nitrogens is 2. The zero-order valence-corrected chi connectivity index (χ0v) is 15.7. The highest BCUT2D eigenvalue weighted by Crippen LogP contribution is 2.62. The van der Waals surface area contributed by atoms with E-state index in [1.807, 2.05) is 23.7 Å². The summed E-state index contributed by atoms with van der Waals surface area (Å²) in [6, 6.07) is 5.55. The molecule has 2 N–H and O–H groups in total. The van der Waals surface area contributed by atoms with Crippen LogP contribution in [0.25, 0.3) is 11.0 Å². The molecule has 26 heavy (non-hydrogen) atoms. The summed E-state index contributed by atoms with van der Waals surface area (Å²) < 4.78 is 1.89. The normalized spacial score (nSPS) is 35.2. The van der Waals surface area contributed by atoms with Crippen molar-refractivity contribution in [1.29, 1.82) is 0 Å². The van der Waals surface area contributed by atoms with Crippen molar-refractivity contribution in [2.24, 2.45) is 24.3 Å². The van der Waals surface area contributed by atoms with Crippen molar-refractivity contribution in [2.75, 3.05) is 5.32 Å². The molecule has 2 atom stereocenters. The van der Waals surface area contributed by atoms with Crippen LogP contribution in [0.4, 0.5) is 5.95 Å². The van der Waals surface area contributed by atoms with Gasteiger partial charge in [0.25, 0.3) is 0 Å². The first-order valence-electron chi connectivity index (χ1n) is 9.47. The Hall–Kier alpha value is -1.59. The molecule has 1 heterocycles. The molecule has 0 saturated heterocycles. The third-order valence-electron chi connectivity index (χ3n) is 6.78. The number of imidazole rings is 1. The summed E-state index contributed by atoms with van der Waals surface area (Å²) in [5, 5.41) is 14.5. The number of hydrogen-bond acceptors (Lipinski definition) is 3. The van der Waals surface area contributed by atoms with Gasteiger partial charge >= 0.3 is 0 Å². The maximum atomic E-state index is 12.8. The van der Waals surface area contributed by atoms with Gasteiger partial charge in [0.2, 0.25) is 11.9 Å². The second-order valence-electron chi connectivity index (χ2n) is 9.04. The molecule has 0 spiro atoms. The Morgan fingerprint density at radius 1 is 1.35 bits per heavy atom. The summed E-state index contributed by atoms with van der Waals surface area (Å²) in [6.45, 7) is 0. The van der Waals surface area contributed by atoms with E-state index in [1.165, 1.54) is 6.42 Å². The van der Waals surface area contributed by atoms with Crippen LogP contribution in [0.2, 0.25) is 5.02 Å². The molecule has 1 aromatic carbocycles. The predicted molar refractivity (Wildman–Crippen MR) is 101 cm³/mol. The number of aryl methyl sites for hydroxylation is 1. The molecule has 0 aliphatic heterocycles. The van der Waals surface area contributed by atoms with Crippen LogP contribution in [-0.2, 0) is 11.8 Å². The number of benzene rings is 1. The fraction of sp³-hybridized carbons (Fsp3) is 0.600. The summed E-state index contributed by atoms with van der Waals surface area (Å²) in [6.07, 6.45) is 6.51. The molecular formula is C20H24ClN3O2. The molecule has 6 rings (SSSR count). The van der Waals surface area contributed by atoms with Crippen LogP contribution in [0, 0.1) is 17.3 Å². The highest BCUT2D eigenvalue weighted by Gasteiger charge is 2.57. The Labute approximate surface area is 157 Å². The summed E-state index contributed by atoms with van der Waals surface area (Å²) in [7, 11) is 1.90. The van der Waals surface area contributed by atoms with Crippen LogP contribution in [-0.4, -0.2) is 26.2 Å². The summed E-state index contributed by atoms with van der Waals surface area (Å²) in [5.74, 6) is 1.73. The van der Waals surface area contributed by atoms with Gasteiger partial charge in [0, 0.05) is 18.5 Å². The highest BCUT2D eigenvalue weighted by molar-refractivity contribution is 6.31. The lowest BCUT2D eigenvalue weighted by Crippen LogP contribution is -2.56. The first-order valence-corrected chi connectivity index (χ1v) is 9.85. The number of aliphatic hydroxyl groups is 1. The molecule has 4 aliphatic carbocycles. The second-order valence-corrected chi connectivity index (χ2v) is 9.47. The standard InChI is InChI=1S/C20H24ClN3O2/c1-24-16-3-2-14(21)5-15(16)22-18(24)23-17(25)10-19-6-12-4-13(7-19)9-20(26,8-12)11-19/h2-3,5,12-13,26H,4,6-11H2,1H3,(H,22,23,25)/t12-,13-,19?,20?/m1/s1. The van der Waals surface area contributed by atoms with Crippen LogP contribution in [0.15, 0.2) is 18.2 Å². The second kappa shape index (κ2) is 5.46. The number of nitrogens with zero attached hydrogens (tertiary/aromatic N) is 2. The molecule has 4 aliphatic rings. The number of carbonyl (C=O) groups excluding carboxylic acids is 1. The van der Waals surface area contributed by atoms with E-state index in [-0.39, 0.29) is 11.3 Å². The minimum atomic E-state index is -0.529. The molecule has 2 aromatic rings. The van der Waals surface area contributed by atoms with Crippen molar-refractivity contribution in [3.63, 3.8) is 0 Å². The van der Waals surface area contributed by atoms with Crippen LogP contribution < -0.4 is 5.32 Å².